The minimum Gasteiger partial charge on any atom is -0.322 e. The van der Waals surface area contributed by atoms with Crippen LogP contribution in [0.4, 0.5) is 5.69 Å². The van der Waals surface area contributed by atoms with E-state index in [0.29, 0.717) is 28.5 Å². The molecule has 8 nitrogen and oxygen atoms in total. The van der Waals surface area contributed by atoms with E-state index < -0.39 is 0 Å². The molecule has 0 spiro atoms. The molecule has 3 aromatic heterocycles. The fourth-order valence-electron chi connectivity index (χ4n) is 3.84. The quantitative estimate of drug-likeness (QED) is 0.306. The summed E-state index contributed by atoms with van der Waals surface area (Å²) in [6.45, 7) is 6.34. The summed E-state index contributed by atoms with van der Waals surface area (Å²) < 4.78 is 4.39. The van der Waals surface area contributed by atoms with E-state index in [1.54, 1.807) is 9.20 Å². The Kier molecular flexibility index (Phi) is 6.12. The highest BCUT2D eigenvalue weighted by Crippen LogP contribution is 2.27. The van der Waals surface area contributed by atoms with Gasteiger partial charge < -0.3 is 5.32 Å². The van der Waals surface area contributed by atoms with E-state index in [4.69, 9.17) is 11.6 Å². The third-order valence-corrected chi connectivity index (χ3v) is 6.90. The first kappa shape index (κ1) is 23.2. The average Bonchev–Trinajstić information content (AvgIpc) is 3.45. The molecule has 3 heterocycles. The zero-order chi connectivity index (χ0) is 24.7. The van der Waals surface area contributed by atoms with Gasteiger partial charge in [0.2, 0.25) is 0 Å². The number of nitrogens with one attached hydrogen (secondary N) is 1. The summed E-state index contributed by atoms with van der Waals surface area (Å²) in [6.07, 6.45) is 3.42. The lowest BCUT2D eigenvalue weighted by molar-refractivity contribution is 0.102. The van der Waals surface area contributed by atoms with Crippen molar-refractivity contribution in [2.75, 3.05) is 5.32 Å². The van der Waals surface area contributed by atoms with Crippen molar-refractivity contribution in [1.82, 2.24) is 29.6 Å². The van der Waals surface area contributed by atoms with E-state index in [2.05, 4.69) is 41.6 Å². The Morgan fingerprint density at radius 1 is 1.11 bits per heavy atom. The maximum absolute atomic E-state index is 12.9. The van der Waals surface area contributed by atoms with Gasteiger partial charge >= 0.3 is 0 Å². The van der Waals surface area contributed by atoms with Crippen LogP contribution in [0.5, 0.6) is 0 Å². The van der Waals surface area contributed by atoms with Gasteiger partial charge in [0, 0.05) is 32.1 Å². The minimum absolute atomic E-state index is 0.265. The van der Waals surface area contributed by atoms with Crippen molar-refractivity contribution < 1.29 is 4.79 Å². The Morgan fingerprint density at radius 3 is 2.63 bits per heavy atom. The number of nitrogens with zero attached hydrogens (tertiary/aromatic N) is 6. The summed E-state index contributed by atoms with van der Waals surface area (Å²) in [6, 6.07) is 13.3. The van der Waals surface area contributed by atoms with Gasteiger partial charge in [0.05, 0.1) is 18.9 Å². The lowest BCUT2D eigenvalue weighted by Crippen LogP contribution is -2.12. The second-order valence-electron chi connectivity index (χ2n) is 8.35. The van der Waals surface area contributed by atoms with Gasteiger partial charge in [-0.2, -0.15) is 5.10 Å². The second kappa shape index (κ2) is 9.24. The normalized spacial score (nSPS) is 11.2. The van der Waals surface area contributed by atoms with Crippen molar-refractivity contribution in [3.05, 3.63) is 92.4 Å². The minimum atomic E-state index is -0.265. The Balaban J connectivity index is 1.30. The molecule has 5 rings (SSSR count). The Labute approximate surface area is 215 Å². The summed E-state index contributed by atoms with van der Waals surface area (Å²) >= 11 is 9.84. The lowest BCUT2D eigenvalue weighted by atomic mass is 10.1. The van der Waals surface area contributed by atoms with Crippen molar-refractivity contribution in [3.8, 4) is 11.3 Å². The Morgan fingerprint density at radius 2 is 1.89 bits per heavy atom. The summed E-state index contributed by atoms with van der Waals surface area (Å²) in [5, 5.41) is 16.4. The van der Waals surface area contributed by atoms with E-state index in [1.807, 2.05) is 69.4 Å². The van der Waals surface area contributed by atoms with Crippen LogP contribution in [-0.2, 0) is 6.54 Å². The van der Waals surface area contributed by atoms with Crippen LogP contribution in [0.15, 0.2) is 59.3 Å². The molecule has 0 bridgehead atoms. The number of hydrogen-bond donors (Lipinski definition) is 1. The highest BCUT2D eigenvalue weighted by molar-refractivity contribution is 9.10. The first-order chi connectivity index (χ1) is 16.8. The predicted octanol–water partition coefficient (Wildman–Crippen LogP) is 5.63. The number of halogens is 2. The molecule has 1 N–H and O–H groups in total. The van der Waals surface area contributed by atoms with Gasteiger partial charge in [0.15, 0.2) is 5.65 Å². The number of carbonyl (C=O) groups excluding carboxylic acids is 1. The molecule has 0 saturated heterocycles. The van der Waals surface area contributed by atoms with E-state index in [0.717, 1.165) is 38.2 Å². The smallest absolute Gasteiger partial charge is 0.261 e. The number of rotatable bonds is 5. The van der Waals surface area contributed by atoms with Crippen molar-refractivity contribution >= 4 is 44.8 Å². The number of benzene rings is 2. The van der Waals surface area contributed by atoms with Crippen LogP contribution in [0.25, 0.3) is 16.9 Å². The van der Waals surface area contributed by atoms with E-state index in [1.165, 1.54) is 6.20 Å². The van der Waals surface area contributed by atoms with Crippen LogP contribution < -0.4 is 5.32 Å². The summed E-state index contributed by atoms with van der Waals surface area (Å²) in [5.41, 5.74) is 7.02. The average molecular weight is 551 g/mol. The van der Waals surface area contributed by atoms with E-state index in [-0.39, 0.29) is 5.91 Å². The maximum atomic E-state index is 12.9. The number of aryl methyl sites for hydroxylation is 2. The first-order valence-corrected chi connectivity index (χ1v) is 12.0. The van der Waals surface area contributed by atoms with Crippen LogP contribution in [0.3, 0.4) is 0 Å². The number of amides is 1. The molecule has 0 aliphatic rings. The second-order valence-corrected chi connectivity index (χ2v) is 9.61. The highest BCUT2D eigenvalue weighted by Gasteiger charge is 2.16. The fourth-order valence-corrected chi connectivity index (χ4v) is 4.70. The van der Waals surface area contributed by atoms with Crippen LogP contribution in [0.1, 0.15) is 32.9 Å². The van der Waals surface area contributed by atoms with Crippen LogP contribution in [0, 0.1) is 20.8 Å². The molecule has 0 aliphatic carbocycles. The third kappa shape index (κ3) is 4.69. The van der Waals surface area contributed by atoms with E-state index >= 15 is 0 Å². The number of carbonyl (C=O) groups is 1. The monoisotopic (exact) mass is 549 g/mol. The van der Waals surface area contributed by atoms with Crippen molar-refractivity contribution in [3.63, 3.8) is 0 Å². The summed E-state index contributed by atoms with van der Waals surface area (Å²) in [7, 11) is 0. The Bertz CT molecular complexity index is 1550. The number of anilines is 1. The van der Waals surface area contributed by atoms with Crippen molar-refractivity contribution in [1.29, 1.82) is 0 Å². The molecule has 35 heavy (non-hydrogen) atoms. The van der Waals surface area contributed by atoms with Gasteiger partial charge in [-0.25, -0.2) is 14.2 Å². The molecule has 1 amide bonds. The predicted molar refractivity (Wildman–Crippen MR) is 139 cm³/mol. The standard InChI is InChI=1S/C25H21BrClN7O/c1-14-8-15(2)34-24(29-14)20(11-28-34)25(35)30-19-6-4-18(5-7-19)23-13-33(32-31-23)12-17-9-21(26)16(3)22(27)10-17/h4-11,13H,12H2,1-3H3,(H,30,35). The third-order valence-electron chi connectivity index (χ3n) is 5.69. The summed E-state index contributed by atoms with van der Waals surface area (Å²) in [5.74, 6) is -0.265. The van der Waals surface area contributed by atoms with Crippen LogP contribution in [0.2, 0.25) is 5.02 Å². The number of fused-ring (bicyclic) bond motifs is 1. The topological polar surface area (TPSA) is 90.0 Å². The first-order valence-electron chi connectivity index (χ1n) is 10.9. The zero-order valence-corrected chi connectivity index (χ0v) is 21.6. The molecular formula is C25H21BrClN7O. The van der Waals surface area contributed by atoms with Gasteiger partial charge in [0.25, 0.3) is 5.91 Å². The van der Waals surface area contributed by atoms with Gasteiger partial charge in [-0.1, -0.05) is 44.9 Å². The largest absolute Gasteiger partial charge is 0.322 e. The lowest BCUT2D eigenvalue weighted by Gasteiger charge is -2.06. The molecular weight excluding hydrogens is 530 g/mol. The molecule has 2 aromatic carbocycles. The molecule has 0 saturated carbocycles. The van der Waals surface area contributed by atoms with Gasteiger partial charge in [-0.05, 0) is 62.2 Å². The number of hydrogen-bond acceptors (Lipinski definition) is 5. The number of aromatic nitrogens is 6. The zero-order valence-electron chi connectivity index (χ0n) is 19.3. The molecule has 0 aliphatic heterocycles. The Hall–Kier alpha value is -3.56. The van der Waals surface area contributed by atoms with Gasteiger partial charge in [-0.3, -0.25) is 4.79 Å². The molecule has 0 fully saturated rings. The van der Waals surface area contributed by atoms with Crippen LogP contribution >= 0.6 is 27.5 Å². The van der Waals surface area contributed by atoms with Crippen molar-refractivity contribution in [2.45, 2.75) is 27.3 Å². The maximum Gasteiger partial charge on any atom is 0.261 e. The molecule has 0 unspecified atom stereocenters. The fraction of sp³-hybridized carbons (Fsp3) is 0.160. The molecule has 0 atom stereocenters. The molecule has 5 aromatic rings. The highest BCUT2D eigenvalue weighted by atomic mass is 79.9. The molecule has 0 radical (unpaired) electrons. The van der Waals surface area contributed by atoms with Crippen LogP contribution in [-0.4, -0.2) is 35.5 Å². The SMILES string of the molecule is Cc1cc(C)n2ncc(C(=O)Nc3ccc(-c4cn(Cc5cc(Cl)c(C)c(Br)c5)nn4)cc3)c2n1. The summed E-state index contributed by atoms with van der Waals surface area (Å²) in [4.78, 5) is 17.3. The van der Waals surface area contributed by atoms with E-state index in [9.17, 15) is 4.79 Å². The molecule has 10 heteroatoms. The van der Waals surface area contributed by atoms with Crippen molar-refractivity contribution in [2.24, 2.45) is 0 Å². The molecule has 176 valence electrons. The van der Waals surface area contributed by atoms with Gasteiger partial charge in [0.1, 0.15) is 11.3 Å². The van der Waals surface area contributed by atoms with Gasteiger partial charge in [-0.15, -0.1) is 5.10 Å².